The molecule has 2 heterocycles. The molecule has 1 fully saturated rings. The Bertz CT molecular complexity index is 461. The van der Waals surface area contributed by atoms with Gasteiger partial charge in [0.25, 0.3) is 11.1 Å². The summed E-state index contributed by atoms with van der Waals surface area (Å²) in [6, 6.07) is 0. The van der Waals surface area contributed by atoms with E-state index in [2.05, 4.69) is 22.2 Å². The number of nitrogens with one attached hydrogen (secondary N) is 1. The van der Waals surface area contributed by atoms with E-state index in [4.69, 9.17) is 4.74 Å². The number of nitrogens with zero attached hydrogens (tertiary/aromatic N) is 2. The van der Waals surface area contributed by atoms with Gasteiger partial charge in [-0.2, -0.15) is 0 Å². The van der Waals surface area contributed by atoms with Crippen LogP contribution in [-0.2, 0) is 0 Å². The van der Waals surface area contributed by atoms with Crippen molar-refractivity contribution in [3.05, 3.63) is 10.6 Å². The van der Waals surface area contributed by atoms with E-state index in [1.54, 1.807) is 7.11 Å². The first kappa shape index (κ1) is 15.3. The minimum Gasteiger partial charge on any atom is -0.473 e. The van der Waals surface area contributed by atoms with Crippen LogP contribution in [0.3, 0.4) is 0 Å². The number of thiazole rings is 1. The summed E-state index contributed by atoms with van der Waals surface area (Å²) in [5, 5.41) is 3.54. The van der Waals surface area contributed by atoms with Crippen LogP contribution in [0.15, 0.2) is 0 Å². The summed E-state index contributed by atoms with van der Waals surface area (Å²) < 4.78 is 5.06. The molecule has 0 unspecified atom stereocenters. The lowest BCUT2D eigenvalue weighted by Crippen LogP contribution is -2.34. The van der Waals surface area contributed by atoms with Crippen molar-refractivity contribution in [1.29, 1.82) is 0 Å². The Balaban J connectivity index is 1.78. The highest BCUT2D eigenvalue weighted by molar-refractivity contribution is 7.15. The van der Waals surface area contributed by atoms with Crippen LogP contribution in [0.25, 0.3) is 0 Å². The van der Waals surface area contributed by atoms with Gasteiger partial charge in [-0.3, -0.25) is 4.79 Å². The predicted octanol–water partition coefficient (Wildman–Crippen LogP) is 1.92. The fourth-order valence-electron chi connectivity index (χ4n) is 2.65. The molecule has 1 amide bonds. The van der Waals surface area contributed by atoms with Gasteiger partial charge >= 0.3 is 0 Å². The van der Waals surface area contributed by atoms with Gasteiger partial charge in [-0.25, -0.2) is 4.98 Å². The number of carbonyl (C=O) groups is 1. The molecular weight excluding hydrogens is 274 g/mol. The van der Waals surface area contributed by atoms with E-state index < -0.39 is 0 Å². The fraction of sp³-hybridized carbons (Fsp3) is 0.714. The highest BCUT2D eigenvalue weighted by atomic mass is 32.1. The van der Waals surface area contributed by atoms with E-state index in [0.717, 1.165) is 25.2 Å². The number of piperidine rings is 1. The van der Waals surface area contributed by atoms with Gasteiger partial charge in [-0.05, 0) is 45.7 Å². The largest absolute Gasteiger partial charge is 0.473 e. The molecule has 2 rings (SSSR count). The minimum atomic E-state index is -0.0348. The summed E-state index contributed by atoms with van der Waals surface area (Å²) in [6.07, 6.45) is 3.58. The number of amides is 1. The van der Waals surface area contributed by atoms with Crippen LogP contribution in [0.4, 0.5) is 0 Å². The summed E-state index contributed by atoms with van der Waals surface area (Å²) in [5.41, 5.74) is 0.738. The molecule has 0 aromatic carbocycles. The van der Waals surface area contributed by atoms with Gasteiger partial charge < -0.3 is 15.0 Å². The molecule has 0 radical (unpaired) electrons. The second-order valence-electron chi connectivity index (χ2n) is 5.41. The Kier molecular flexibility index (Phi) is 5.37. The zero-order valence-corrected chi connectivity index (χ0v) is 13.3. The van der Waals surface area contributed by atoms with Crippen LogP contribution < -0.4 is 10.1 Å². The van der Waals surface area contributed by atoms with E-state index in [1.807, 2.05) is 6.92 Å². The zero-order valence-electron chi connectivity index (χ0n) is 12.4. The standard InChI is InChI=1S/C14H23N3O2S/c1-10-12(20-14(16-10)19-3)13(18)15-7-6-11-5-4-8-17(2)9-11/h11H,4-9H2,1-3H3,(H,15,18)/t11-/m0/s1. The molecule has 1 aromatic heterocycles. The number of rotatable bonds is 5. The number of likely N-dealkylation sites (tertiary alicyclic amines) is 1. The molecule has 20 heavy (non-hydrogen) atoms. The number of ether oxygens (including phenoxy) is 1. The topological polar surface area (TPSA) is 54.5 Å². The molecule has 1 saturated heterocycles. The van der Waals surface area contributed by atoms with Crippen molar-refractivity contribution in [2.75, 3.05) is 33.8 Å². The third-order valence-electron chi connectivity index (χ3n) is 3.72. The van der Waals surface area contributed by atoms with Gasteiger partial charge in [0.2, 0.25) is 0 Å². The maximum absolute atomic E-state index is 12.1. The highest BCUT2D eigenvalue weighted by Gasteiger charge is 2.18. The van der Waals surface area contributed by atoms with Gasteiger partial charge in [-0.1, -0.05) is 11.3 Å². The molecule has 0 spiro atoms. The normalized spacial score (nSPS) is 19.9. The molecule has 1 atom stereocenters. The van der Waals surface area contributed by atoms with Crippen molar-refractivity contribution in [1.82, 2.24) is 15.2 Å². The first-order valence-corrected chi connectivity index (χ1v) is 7.90. The summed E-state index contributed by atoms with van der Waals surface area (Å²) in [5.74, 6) is 0.665. The third kappa shape index (κ3) is 3.93. The van der Waals surface area contributed by atoms with Gasteiger partial charge in [0.15, 0.2) is 0 Å². The molecule has 112 valence electrons. The molecular formula is C14H23N3O2S. The van der Waals surface area contributed by atoms with Crippen LogP contribution in [-0.4, -0.2) is 49.6 Å². The number of hydrogen-bond donors (Lipinski definition) is 1. The maximum Gasteiger partial charge on any atom is 0.273 e. The lowest BCUT2D eigenvalue weighted by Gasteiger charge is -2.29. The van der Waals surface area contributed by atoms with Gasteiger partial charge in [0, 0.05) is 13.1 Å². The van der Waals surface area contributed by atoms with Crippen LogP contribution >= 0.6 is 11.3 Å². The summed E-state index contributed by atoms with van der Waals surface area (Å²) in [7, 11) is 3.73. The van der Waals surface area contributed by atoms with Crippen LogP contribution in [0.2, 0.25) is 0 Å². The SMILES string of the molecule is COc1nc(C)c(C(=O)NCC[C@@H]2CCCN(C)C2)s1. The number of carbonyl (C=O) groups excluding carboxylic acids is 1. The van der Waals surface area contributed by atoms with Crippen molar-refractivity contribution in [3.63, 3.8) is 0 Å². The second-order valence-corrected chi connectivity index (χ2v) is 6.38. The predicted molar refractivity (Wildman–Crippen MR) is 80.6 cm³/mol. The van der Waals surface area contributed by atoms with Crippen molar-refractivity contribution >= 4 is 17.2 Å². The highest BCUT2D eigenvalue weighted by Crippen LogP contribution is 2.24. The van der Waals surface area contributed by atoms with Gasteiger partial charge in [0.05, 0.1) is 12.8 Å². The Morgan fingerprint density at radius 2 is 2.40 bits per heavy atom. The molecule has 6 heteroatoms. The lowest BCUT2D eigenvalue weighted by molar-refractivity contribution is 0.0951. The van der Waals surface area contributed by atoms with Crippen LogP contribution in [0.1, 0.15) is 34.6 Å². The number of hydrogen-bond acceptors (Lipinski definition) is 5. The van der Waals surface area contributed by atoms with Crippen LogP contribution in [0.5, 0.6) is 5.19 Å². The molecule has 1 aromatic rings. The molecule has 0 bridgehead atoms. The Morgan fingerprint density at radius 3 is 3.05 bits per heavy atom. The molecule has 1 aliphatic heterocycles. The molecule has 1 N–H and O–H groups in total. The number of aromatic nitrogens is 1. The van der Waals surface area contributed by atoms with Crippen molar-refractivity contribution in [2.24, 2.45) is 5.92 Å². The molecule has 0 saturated carbocycles. The average molecular weight is 297 g/mol. The van der Waals surface area contributed by atoms with E-state index >= 15 is 0 Å². The minimum absolute atomic E-state index is 0.0348. The van der Waals surface area contributed by atoms with Crippen LogP contribution in [0, 0.1) is 12.8 Å². The fourth-order valence-corrected chi connectivity index (χ4v) is 3.45. The zero-order chi connectivity index (χ0) is 14.5. The second kappa shape index (κ2) is 7.04. The van der Waals surface area contributed by atoms with Crippen molar-refractivity contribution in [3.8, 4) is 5.19 Å². The van der Waals surface area contributed by atoms with E-state index in [1.165, 1.54) is 30.7 Å². The van der Waals surface area contributed by atoms with Crippen molar-refractivity contribution in [2.45, 2.75) is 26.2 Å². The van der Waals surface area contributed by atoms with Crippen molar-refractivity contribution < 1.29 is 9.53 Å². The van der Waals surface area contributed by atoms with E-state index in [-0.39, 0.29) is 5.91 Å². The smallest absolute Gasteiger partial charge is 0.273 e. The molecule has 1 aliphatic rings. The molecule has 0 aliphatic carbocycles. The first-order valence-electron chi connectivity index (χ1n) is 7.08. The first-order chi connectivity index (χ1) is 9.60. The van der Waals surface area contributed by atoms with Gasteiger partial charge in [-0.15, -0.1) is 0 Å². The quantitative estimate of drug-likeness (QED) is 0.902. The number of aryl methyl sites for hydroxylation is 1. The number of methoxy groups -OCH3 is 1. The Hall–Kier alpha value is -1.14. The lowest BCUT2D eigenvalue weighted by atomic mass is 9.95. The monoisotopic (exact) mass is 297 g/mol. The van der Waals surface area contributed by atoms with Gasteiger partial charge in [0.1, 0.15) is 4.88 Å². The van der Waals surface area contributed by atoms with E-state index in [9.17, 15) is 4.79 Å². The summed E-state index contributed by atoms with van der Waals surface area (Å²) in [6.45, 7) is 4.91. The maximum atomic E-state index is 12.1. The Labute approximate surface area is 124 Å². The summed E-state index contributed by atoms with van der Waals surface area (Å²) in [4.78, 5) is 19.3. The molecule has 5 nitrogen and oxygen atoms in total. The van der Waals surface area contributed by atoms with E-state index in [0.29, 0.717) is 16.0 Å². The third-order valence-corrected chi connectivity index (χ3v) is 4.84. The Morgan fingerprint density at radius 1 is 1.60 bits per heavy atom. The summed E-state index contributed by atoms with van der Waals surface area (Å²) >= 11 is 1.30. The average Bonchev–Trinajstić information content (AvgIpc) is 2.80.